The van der Waals surface area contributed by atoms with Crippen molar-refractivity contribution in [1.82, 2.24) is 0 Å². The van der Waals surface area contributed by atoms with Crippen molar-refractivity contribution in [3.63, 3.8) is 0 Å². The van der Waals surface area contributed by atoms with Crippen LogP contribution in [0, 0.1) is 0 Å². The van der Waals surface area contributed by atoms with Crippen LogP contribution in [-0.2, 0) is 12.8 Å². The molecule has 0 atom stereocenters. The average Bonchev–Trinajstić information content (AvgIpc) is 2.28. The highest BCUT2D eigenvalue weighted by Gasteiger charge is 2.08. The Labute approximate surface area is 95.7 Å². The van der Waals surface area contributed by atoms with Crippen LogP contribution >= 0.6 is 11.8 Å². The number of aliphatic hydroxyl groups excluding tert-OH is 1. The maximum Gasteiger partial charge on any atom is 0.122 e. The van der Waals surface area contributed by atoms with Gasteiger partial charge in [0, 0.05) is 11.5 Å². The molecule has 0 saturated heterocycles. The molecule has 1 aromatic carbocycles. The Morgan fingerprint density at radius 1 is 1.33 bits per heavy atom. The molecule has 2 nitrogen and oxygen atoms in total. The van der Waals surface area contributed by atoms with E-state index in [1.807, 2.05) is 0 Å². The van der Waals surface area contributed by atoms with Crippen molar-refractivity contribution < 1.29 is 9.84 Å². The van der Waals surface area contributed by atoms with Gasteiger partial charge >= 0.3 is 0 Å². The summed E-state index contributed by atoms with van der Waals surface area (Å²) in [5.74, 6) is 0.888. The van der Waals surface area contributed by atoms with E-state index in [9.17, 15) is 0 Å². The van der Waals surface area contributed by atoms with E-state index in [4.69, 9.17) is 9.84 Å². The van der Waals surface area contributed by atoms with E-state index in [1.54, 1.807) is 18.9 Å². The molecule has 3 heteroatoms. The van der Waals surface area contributed by atoms with Crippen molar-refractivity contribution in [3.8, 4) is 5.75 Å². The zero-order valence-corrected chi connectivity index (χ0v) is 10.4. The summed E-state index contributed by atoms with van der Waals surface area (Å²) in [5.41, 5.74) is 2.39. The Morgan fingerprint density at radius 2 is 2.07 bits per heavy atom. The van der Waals surface area contributed by atoms with E-state index in [1.165, 1.54) is 10.5 Å². The number of benzene rings is 1. The topological polar surface area (TPSA) is 29.5 Å². The molecule has 1 aromatic rings. The van der Waals surface area contributed by atoms with Crippen LogP contribution in [0.3, 0.4) is 0 Å². The van der Waals surface area contributed by atoms with Gasteiger partial charge in [-0.05, 0) is 42.4 Å². The standard InChI is InChI=1S/C12H18O2S/c1-4-9-7-11(14-2)10(5-6-13)8-12(9)15-3/h7-8,13H,4-6H2,1-3H3. The Morgan fingerprint density at radius 3 is 2.53 bits per heavy atom. The van der Waals surface area contributed by atoms with Crippen LogP contribution in [-0.4, -0.2) is 25.1 Å². The number of aryl methyl sites for hydroxylation is 1. The largest absolute Gasteiger partial charge is 0.496 e. The molecule has 0 aliphatic carbocycles. The van der Waals surface area contributed by atoms with Crippen LogP contribution in [0.15, 0.2) is 17.0 Å². The van der Waals surface area contributed by atoms with Gasteiger partial charge in [0.2, 0.25) is 0 Å². The zero-order valence-electron chi connectivity index (χ0n) is 9.54. The fraction of sp³-hybridized carbons (Fsp3) is 0.500. The van der Waals surface area contributed by atoms with E-state index in [0.717, 1.165) is 17.7 Å². The molecule has 1 N–H and O–H groups in total. The first-order valence-corrected chi connectivity index (χ1v) is 6.33. The van der Waals surface area contributed by atoms with Crippen LogP contribution < -0.4 is 4.74 Å². The molecule has 0 spiro atoms. The molecule has 0 heterocycles. The molecular formula is C12H18O2S. The highest BCUT2D eigenvalue weighted by atomic mass is 32.2. The van der Waals surface area contributed by atoms with E-state index in [0.29, 0.717) is 6.42 Å². The molecule has 1 rings (SSSR count). The second kappa shape index (κ2) is 6.03. The van der Waals surface area contributed by atoms with Crippen molar-refractivity contribution >= 4 is 11.8 Å². The Balaban J connectivity index is 3.15. The minimum Gasteiger partial charge on any atom is -0.496 e. The van der Waals surface area contributed by atoms with Gasteiger partial charge in [-0.1, -0.05) is 6.92 Å². The molecule has 0 aliphatic heterocycles. The summed E-state index contributed by atoms with van der Waals surface area (Å²) in [6.07, 6.45) is 3.73. The zero-order chi connectivity index (χ0) is 11.3. The van der Waals surface area contributed by atoms with Crippen molar-refractivity contribution in [1.29, 1.82) is 0 Å². The number of thioether (sulfide) groups is 1. The minimum absolute atomic E-state index is 0.162. The van der Waals surface area contributed by atoms with Crippen LogP contribution in [0.2, 0.25) is 0 Å². The van der Waals surface area contributed by atoms with Gasteiger partial charge in [0.05, 0.1) is 7.11 Å². The monoisotopic (exact) mass is 226 g/mol. The third-order valence-corrected chi connectivity index (χ3v) is 3.27. The molecule has 0 fully saturated rings. The summed E-state index contributed by atoms with van der Waals surface area (Å²) in [5, 5.41) is 8.97. The van der Waals surface area contributed by atoms with Gasteiger partial charge in [0.15, 0.2) is 0 Å². The second-order valence-corrected chi connectivity index (χ2v) is 4.15. The van der Waals surface area contributed by atoms with Gasteiger partial charge in [0.25, 0.3) is 0 Å². The minimum atomic E-state index is 0.162. The molecule has 15 heavy (non-hydrogen) atoms. The number of aliphatic hydroxyl groups is 1. The normalized spacial score (nSPS) is 10.4. The van der Waals surface area contributed by atoms with Gasteiger partial charge < -0.3 is 9.84 Å². The van der Waals surface area contributed by atoms with Crippen LogP contribution in [0.25, 0.3) is 0 Å². The van der Waals surface area contributed by atoms with Crippen molar-refractivity contribution in [2.45, 2.75) is 24.7 Å². The predicted octanol–water partition coefficient (Wildman–Crippen LogP) is 2.51. The molecular weight excluding hydrogens is 208 g/mol. The fourth-order valence-corrected chi connectivity index (χ4v) is 2.34. The van der Waals surface area contributed by atoms with Crippen LogP contribution in [0.4, 0.5) is 0 Å². The first-order valence-electron chi connectivity index (χ1n) is 5.11. The van der Waals surface area contributed by atoms with Crippen molar-refractivity contribution in [2.75, 3.05) is 20.0 Å². The number of hydrogen-bond donors (Lipinski definition) is 1. The van der Waals surface area contributed by atoms with E-state index in [2.05, 4.69) is 25.3 Å². The van der Waals surface area contributed by atoms with Gasteiger partial charge in [-0.25, -0.2) is 0 Å². The lowest BCUT2D eigenvalue weighted by Gasteiger charge is -2.13. The summed E-state index contributed by atoms with van der Waals surface area (Å²) in [7, 11) is 1.68. The quantitative estimate of drug-likeness (QED) is 0.782. The third-order valence-electron chi connectivity index (χ3n) is 2.45. The van der Waals surface area contributed by atoms with E-state index < -0.39 is 0 Å². The summed E-state index contributed by atoms with van der Waals surface area (Å²) < 4.78 is 5.32. The Hall–Kier alpha value is -0.670. The molecule has 0 amide bonds. The summed E-state index contributed by atoms with van der Waals surface area (Å²) in [6.45, 7) is 2.30. The molecule has 0 unspecified atom stereocenters. The van der Waals surface area contributed by atoms with Gasteiger partial charge in [-0.2, -0.15) is 0 Å². The number of ether oxygens (including phenoxy) is 1. The molecule has 0 radical (unpaired) electrons. The molecule has 0 saturated carbocycles. The summed E-state index contributed by atoms with van der Waals surface area (Å²) in [6, 6.07) is 4.20. The van der Waals surface area contributed by atoms with E-state index >= 15 is 0 Å². The van der Waals surface area contributed by atoms with Crippen molar-refractivity contribution in [3.05, 3.63) is 23.3 Å². The van der Waals surface area contributed by atoms with Gasteiger partial charge in [0.1, 0.15) is 5.75 Å². The fourth-order valence-electron chi connectivity index (χ4n) is 1.62. The lowest BCUT2D eigenvalue weighted by atomic mass is 10.1. The van der Waals surface area contributed by atoms with E-state index in [-0.39, 0.29) is 6.61 Å². The van der Waals surface area contributed by atoms with Gasteiger partial charge in [-0.15, -0.1) is 11.8 Å². The Bertz CT molecular complexity index is 324. The molecule has 0 aliphatic rings. The molecule has 0 bridgehead atoms. The number of hydrogen-bond acceptors (Lipinski definition) is 3. The highest BCUT2D eigenvalue weighted by molar-refractivity contribution is 7.98. The second-order valence-electron chi connectivity index (χ2n) is 3.30. The summed E-state index contributed by atoms with van der Waals surface area (Å²) in [4.78, 5) is 1.28. The smallest absolute Gasteiger partial charge is 0.122 e. The number of methoxy groups -OCH3 is 1. The Kier molecular flexibility index (Phi) is 4.99. The highest BCUT2D eigenvalue weighted by Crippen LogP contribution is 2.29. The molecule has 84 valence electrons. The first-order chi connectivity index (χ1) is 7.26. The SMILES string of the molecule is CCc1cc(OC)c(CCO)cc1SC. The first kappa shape index (κ1) is 12.4. The number of rotatable bonds is 5. The average molecular weight is 226 g/mol. The summed E-state index contributed by atoms with van der Waals surface area (Å²) >= 11 is 1.74. The van der Waals surface area contributed by atoms with Gasteiger partial charge in [-0.3, -0.25) is 0 Å². The maximum atomic E-state index is 8.97. The van der Waals surface area contributed by atoms with Crippen molar-refractivity contribution in [2.24, 2.45) is 0 Å². The van der Waals surface area contributed by atoms with Crippen LogP contribution in [0.5, 0.6) is 5.75 Å². The molecule has 0 aromatic heterocycles. The van der Waals surface area contributed by atoms with Crippen LogP contribution in [0.1, 0.15) is 18.1 Å². The lowest BCUT2D eigenvalue weighted by molar-refractivity contribution is 0.296. The third kappa shape index (κ3) is 2.89. The predicted molar refractivity (Wildman–Crippen MR) is 64.9 cm³/mol. The maximum absolute atomic E-state index is 8.97. The lowest BCUT2D eigenvalue weighted by Crippen LogP contribution is -1.98.